The molecule has 0 radical (unpaired) electrons. The molecule has 29 heavy (non-hydrogen) atoms. The molecule has 1 aliphatic heterocycles. The number of nitrogens with zero attached hydrogens (tertiary/aromatic N) is 1. The van der Waals surface area contributed by atoms with Gasteiger partial charge < -0.3 is 19.7 Å². The van der Waals surface area contributed by atoms with E-state index in [4.69, 9.17) is 9.47 Å². The monoisotopic (exact) mass is 396 g/mol. The third kappa shape index (κ3) is 4.76. The summed E-state index contributed by atoms with van der Waals surface area (Å²) in [6, 6.07) is 17.9. The van der Waals surface area contributed by atoms with Gasteiger partial charge in [-0.05, 0) is 62.5 Å². The summed E-state index contributed by atoms with van der Waals surface area (Å²) in [4.78, 5) is 2.50. The lowest BCUT2D eigenvalue weighted by Gasteiger charge is -2.50. The molecular formula is C25H36N2O2. The number of hydrogen-bond acceptors (Lipinski definition) is 4. The van der Waals surface area contributed by atoms with Crippen LogP contribution in [0.4, 0.5) is 0 Å². The summed E-state index contributed by atoms with van der Waals surface area (Å²) in [5.41, 5.74) is 2.92. The van der Waals surface area contributed by atoms with E-state index in [1.165, 1.54) is 17.5 Å². The molecule has 0 aliphatic carbocycles. The van der Waals surface area contributed by atoms with E-state index in [9.17, 15) is 0 Å². The first-order valence-electron chi connectivity index (χ1n) is 10.7. The van der Waals surface area contributed by atoms with E-state index < -0.39 is 0 Å². The van der Waals surface area contributed by atoms with Crippen molar-refractivity contribution in [3.05, 3.63) is 59.7 Å². The second kappa shape index (κ2) is 9.64. The van der Waals surface area contributed by atoms with Crippen LogP contribution in [0.1, 0.15) is 37.8 Å². The van der Waals surface area contributed by atoms with Gasteiger partial charge >= 0.3 is 0 Å². The molecule has 2 aromatic rings. The Morgan fingerprint density at radius 3 is 2.45 bits per heavy atom. The van der Waals surface area contributed by atoms with Gasteiger partial charge in [0.25, 0.3) is 0 Å². The molecule has 4 heteroatoms. The molecular weight excluding hydrogens is 360 g/mol. The third-order valence-electron chi connectivity index (χ3n) is 6.79. The normalized spacial score (nSPS) is 25.0. The maximum atomic E-state index is 5.43. The summed E-state index contributed by atoms with van der Waals surface area (Å²) in [5, 5.41) is 3.67. The summed E-state index contributed by atoms with van der Waals surface area (Å²) in [6.45, 7) is 7.75. The number of methoxy groups -OCH3 is 2. The zero-order chi connectivity index (χ0) is 20.9. The molecule has 0 bridgehead atoms. The molecule has 0 saturated carbocycles. The minimum Gasteiger partial charge on any atom is -0.493 e. The van der Waals surface area contributed by atoms with Crippen LogP contribution in [0.2, 0.25) is 0 Å². The predicted octanol–water partition coefficient (Wildman–Crippen LogP) is 4.48. The van der Waals surface area contributed by atoms with Crippen molar-refractivity contribution < 1.29 is 9.47 Å². The number of nitrogens with one attached hydrogen (secondary N) is 1. The van der Waals surface area contributed by atoms with Gasteiger partial charge in [0, 0.05) is 24.5 Å². The van der Waals surface area contributed by atoms with E-state index in [2.05, 4.69) is 73.6 Å². The molecule has 3 atom stereocenters. The fourth-order valence-corrected chi connectivity index (χ4v) is 4.87. The average molecular weight is 397 g/mol. The van der Waals surface area contributed by atoms with Crippen molar-refractivity contribution in [3.63, 3.8) is 0 Å². The van der Waals surface area contributed by atoms with Crippen molar-refractivity contribution in [3.8, 4) is 11.5 Å². The molecule has 1 N–H and O–H groups in total. The molecule has 4 nitrogen and oxygen atoms in total. The fourth-order valence-electron chi connectivity index (χ4n) is 4.87. The summed E-state index contributed by atoms with van der Waals surface area (Å²) >= 11 is 0. The molecule has 1 fully saturated rings. The van der Waals surface area contributed by atoms with Crippen LogP contribution in [0, 0.1) is 5.92 Å². The van der Waals surface area contributed by atoms with Gasteiger partial charge in [-0.2, -0.15) is 0 Å². The summed E-state index contributed by atoms with van der Waals surface area (Å²) in [6.07, 6.45) is 2.34. The van der Waals surface area contributed by atoms with Crippen molar-refractivity contribution in [1.29, 1.82) is 0 Å². The zero-order valence-corrected chi connectivity index (χ0v) is 18.6. The van der Waals surface area contributed by atoms with Crippen LogP contribution in [0.25, 0.3) is 0 Å². The summed E-state index contributed by atoms with van der Waals surface area (Å²) in [5.74, 6) is 2.17. The van der Waals surface area contributed by atoms with Gasteiger partial charge in [0.2, 0.25) is 0 Å². The van der Waals surface area contributed by atoms with Crippen LogP contribution < -0.4 is 14.8 Å². The smallest absolute Gasteiger partial charge is 0.161 e. The number of benzene rings is 2. The van der Waals surface area contributed by atoms with Gasteiger partial charge in [-0.25, -0.2) is 0 Å². The highest BCUT2D eigenvalue weighted by atomic mass is 16.5. The first-order chi connectivity index (χ1) is 14.0. The topological polar surface area (TPSA) is 33.7 Å². The number of hydrogen-bond donors (Lipinski definition) is 1. The first kappa shape index (κ1) is 21.7. The maximum absolute atomic E-state index is 5.43. The SMILES string of the molecule is COc1ccc(CNCC[C@]2(c3ccccc3)C[C@H](C)N(C)C[C@H]2C)cc1OC. The number of likely N-dealkylation sites (tertiary alicyclic amines) is 1. The Morgan fingerprint density at radius 2 is 1.76 bits per heavy atom. The quantitative estimate of drug-likeness (QED) is 0.667. The molecule has 158 valence electrons. The fraction of sp³-hybridized carbons (Fsp3) is 0.520. The molecule has 0 spiro atoms. The molecule has 0 amide bonds. The Bertz CT molecular complexity index is 780. The van der Waals surface area contributed by atoms with Gasteiger partial charge in [-0.3, -0.25) is 0 Å². The van der Waals surface area contributed by atoms with Crippen molar-refractivity contribution in [1.82, 2.24) is 10.2 Å². The van der Waals surface area contributed by atoms with E-state index in [1.54, 1.807) is 14.2 Å². The molecule has 1 heterocycles. The Balaban J connectivity index is 1.69. The minimum atomic E-state index is 0.220. The molecule has 1 aliphatic rings. The first-order valence-corrected chi connectivity index (χ1v) is 10.7. The largest absolute Gasteiger partial charge is 0.493 e. The van der Waals surface area contributed by atoms with E-state index in [-0.39, 0.29) is 5.41 Å². The van der Waals surface area contributed by atoms with Crippen molar-refractivity contribution in [2.45, 2.75) is 44.7 Å². The van der Waals surface area contributed by atoms with Gasteiger partial charge in [0.1, 0.15) is 0 Å². The predicted molar refractivity (Wildman–Crippen MR) is 120 cm³/mol. The number of piperidine rings is 1. The summed E-state index contributed by atoms with van der Waals surface area (Å²) in [7, 11) is 5.61. The van der Waals surface area contributed by atoms with Gasteiger partial charge in [0.15, 0.2) is 11.5 Å². The third-order valence-corrected chi connectivity index (χ3v) is 6.79. The molecule has 0 unspecified atom stereocenters. The number of rotatable bonds is 8. The van der Waals surface area contributed by atoms with Crippen molar-refractivity contribution in [2.75, 3.05) is 34.4 Å². The number of ether oxygens (including phenoxy) is 2. The summed E-state index contributed by atoms with van der Waals surface area (Å²) < 4.78 is 10.8. The van der Waals surface area contributed by atoms with Crippen LogP contribution in [0.3, 0.4) is 0 Å². The van der Waals surface area contributed by atoms with Crippen LogP contribution in [0.15, 0.2) is 48.5 Å². The Kier molecular flexibility index (Phi) is 7.20. The Hall–Kier alpha value is -2.04. The average Bonchev–Trinajstić information content (AvgIpc) is 2.75. The van der Waals surface area contributed by atoms with E-state index in [1.807, 2.05) is 6.07 Å². The Morgan fingerprint density at radius 1 is 1.03 bits per heavy atom. The lowest BCUT2D eigenvalue weighted by Crippen LogP contribution is -2.52. The zero-order valence-electron chi connectivity index (χ0n) is 18.6. The van der Waals surface area contributed by atoms with Crippen LogP contribution >= 0.6 is 0 Å². The molecule has 1 saturated heterocycles. The lowest BCUT2D eigenvalue weighted by molar-refractivity contribution is 0.0689. The second-order valence-corrected chi connectivity index (χ2v) is 8.53. The molecule has 3 rings (SSSR count). The van der Waals surface area contributed by atoms with Crippen LogP contribution in [-0.4, -0.2) is 45.3 Å². The van der Waals surface area contributed by atoms with Gasteiger partial charge in [-0.15, -0.1) is 0 Å². The highest BCUT2D eigenvalue weighted by molar-refractivity contribution is 5.42. The van der Waals surface area contributed by atoms with Crippen molar-refractivity contribution >= 4 is 0 Å². The van der Waals surface area contributed by atoms with Crippen LogP contribution in [0.5, 0.6) is 11.5 Å². The van der Waals surface area contributed by atoms with Gasteiger partial charge in [0.05, 0.1) is 14.2 Å². The van der Waals surface area contributed by atoms with Gasteiger partial charge in [-0.1, -0.05) is 43.3 Å². The van der Waals surface area contributed by atoms with E-state index >= 15 is 0 Å². The highest BCUT2D eigenvalue weighted by Crippen LogP contribution is 2.44. The van der Waals surface area contributed by atoms with E-state index in [0.717, 1.165) is 37.6 Å². The standard InChI is InChI=1S/C25H36N2O2/c1-19-18-27(3)20(2)16-25(19,22-9-7-6-8-10-22)13-14-26-17-21-11-12-23(28-4)24(15-21)29-5/h6-12,15,19-20,26H,13-14,16-18H2,1-5H3/t19-,20+,25+/m1/s1. The molecule has 0 aromatic heterocycles. The highest BCUT2D eigenvalue weighted by Gasteiger charge is 2.43. The van der Waals surface area contributed by atoms with E-state index in [0.29, 0.717) is 12.0 Å². The lowest BCUT2D eigenvalue weighted by atomic mass is 9.63. The second-order valence-electron chi connectivity index (χ2n) is 8.53. The minimum absolute atomic E-state index is 0.220. The maximum Gasteiger partial charge on any atom is 0.161 e. The molecule has 2 aromatic carbocycles. The van der Waals surface area contributed by atoms with Crippen LogP contribution in [-0.2, 0) is 12.0 Å². The van der Waals surface area contributed by atoms with Crippen molar-refractivity contribution in [2.24, 2.45) is 5.92 Å². The Labute approximate surface area is 176 Å².